The SMILES string of the molecule is O=C(O)CCCC(=O)NCc1cccc(-c2cccc([C@@H]3O[C@H](CSCCO)C[C@H](c4ccc(CO)cc4)O3)c2)c1. The van der Waals surface area contributed by atoms with Crippen molar-refractivity contribution < 1.29 is 34.4 Å². The Kier molecular flexibility index (Phi) is 11.8. The van der Waals surface area contributed by atoms with Crippen LogP contribution in [-0.4, -0.2) is 51.4 Å². The van der Waals surface area contributed by atoms with Crippen LogP contribution < -0.4 is 5.32 Å². The molecule has 1 saturated heterocycles. The third kappa shape index (κ3) is 9.41. The summed E-state index contributed by atoms with van der Waals surface area (Å²) in [6.45, 7) is 0.474. The zero-order valence-corrected chi connectivity index (χ0v) is 23.7. The van der Waals surface area contributed by atoms with Crippen molar-refractivity contribution >= 4 is 23.6 Å². The quantitative estimate of drug-likeness (QED) is 0.197. The molecule has 1 amide bonds. The number of hydrogen-bond donors (Lipinski definition) is 4. The fourth-order valence-electron chi connectivity index (χ4n) is 4.72. The number of carbonyl (C=O) groups is 2. The van der Waals surface area contributed by atoms with E-state index in [0.29, 0.717) is 25.1 Å². The lowest BCUT2D eigenvalue weighted by Gasteiger charge is -2.36. The van der Waals surface area contributed by atoms with Gasteiger partial charge in [0.25, 0.3) is 0 Å². The van der Waals surface area contributed by atoms with E-state index in [2.05, 4.69) is 11.4 Å². The summed E-state index contributed by atoms with van der Waals surface area (Å²) in [6, 6.07) is 23.8. The molecule has 0 saturated carbocycles. The number of aliphatic hydroxyl groups is 2. The number of nitrogens with one attached hydrogen (secondary N) is 1. The number of ether oxygens (including phenoxy) is 2. The predicted octanol–water partition coefficient (Wildman–Crippen LogP) is 4.99. The van der Waals surface area contributed by atoms with Gasteiger partial charge < -0.3 is 30.1 Å². The topological polar surface area (TPSA) is 125 Å². The molecule has 4 N–H and O–H groups in total. The highest BCUT2D eigenvalue weighted by atomic mass is 32.2. The van der Waals surface area contributed by atoms with Crippen LogP contribution in [0.3, 0.4) is 0 Å². The Balaban J connectivity index is 1.47. The molecule has 3 atom stereocenters. The molecule has 0 aromatic heterocycles. The van der Waals surface area contributed by atoms with Gasteiger partial charge in [-0.1, -0.05) is 60.7 Å². The molecule has 1 fully saturated rings. The molecule has 8 nitrogen and oxygen atoms in total. The fourth-order valence-corrected chi connectivity index (χ4v) is 5.49. The van der Waals surface area contributed by atoms with Gasteiger partial charge in [-0.15, -0.1) is 0 Å². The second kappa shape index (κ2) is 15.7. The second-order valence-electron chi connectivity index (χ2n) is 10.00. The number of rotatable bonds is 14. The molecule has 218 valence electrons. The number of carboxylic acid groups (broad SMARTS) is 1. The van der Waals surface area contributed by atoms with E-state index in [1.165, 1.54) is 0 Å². The van der Waals surface area contributed by atoms with Gasteiger partial charge in [0.05, 0.1) is 25.4 Å². The molecular formula is C32H37NO7S. The van der Waals surface area contributed by atoms with Crippen molar-refractivity contribution in [3.8, 4) is 11.1 Å². The van der Waals surface area contributed by atoms with E-state index in [0.717, 1.165) is 39.1 Å². The van der Waals surface area contributed by atoms with Gasteiger partial charge in [0, 0.05) is 42.9 Å². The summed E-state index contributed by atoms with van der Waals surface area (Å²) in [4.78, 5) is 22.8. The Morgan fingerprint density at radius 3 is 2.37 bits per heavy atom. The van der Waals surface area contributed by atoms with Gasteiger partial charge in [-0.2, -0.15) is 11.8 Å². The number of aliphatic carboxylic acids is 1. The maximum Gasteiger partial charge on any atom is 0.303 e. The average Bonchev–Trinajstić information content (AvgIpc) is 3.00. The highest BCUT2D eigenvalue weighted by Gasteiger charge is 2.32. The fraction of sp³-hybridized carbons (Fsp3) is 0.375. The zero-order valence-electron chi connectivity index (χ0n) is 22.9. The lowest BCUT2D eigenvalue weighted by Crippen LogP contribution is -2.31. The Morgan fingerprint density at radius 1 is 0.878 bits per heavy atom. The van der Waals surface area contributed by atoms with Crippen LogP contribution in [0.15, 0.2) is 72.8 Å². The summed E-state index contributed by atoms with van der Waals surface area (Å²) in [5, 5.41) is 30.3. The average molecular weight is 580 g/mol. The molecule has 0 bridgehead atoms. The number of thioether (sulfide) groups is 1. The van der Waals surface area contributed by atoms with Crippen molar-refractivity contribution in [3.05, 3.63) is 95.1 Å². The normalized spacial score (nSPS) is 18.6. The summed E-state index contributed by atoms with van der Waals surface area (Å²) in [5.41, 5.74) is 5.70. The number of benzene rings is 3. The van der Waals surface area contributed by atoms with E-state index in [4.69, 9.17) is 14.6 Å². The standard InChI is InChI=1S/C32H37NO7S/c34-14-15-41-21-28-18-29(24-12-10-22(20-35)11-13-24)40-32(39-28)27-7-2-6-26(17-27)25-5-1-4-23(16-25)19-33-30(36)8-3-9-31(37)38/h1-2,4-7,10-13,16-17,28-29,32,34-35H,3,8-9,14-15,18-21H2,(H,33,36)(H,37,38)/t28-,29+,32+/m0/s1. The minimum Gasteiger partial charge on any atom is -0.481 e. The third-order valence-electron chi connectivity index (χ3n) is 6.86. The van der Waals surface area contributed by atoms with Crippen LogP contribution in [0.2, 0.25) is 0 Å². The first-order chi connectivity index (χ1) is 19.9. The van der Waals surface area contributed by atoms with E-state index >= 15 is 0 Å². The summed E-state index contributed by atoms with van der Waals surface area (Å²) in [6.07, 6.45) is 0.367. The molecule has 1 heterocycles. The summed E-state index contributed by atoms with van der Waals surface area (Å²) >= 11 is 1.65. The number of carboxylic acids is 1. The summed E-state index contributed by atoms with van der Waals surface area (Å²) in [7, 11) is 0. The molecule has 0 unspecified atom stereocenters. The molecule has 1 aliphatic rings. The van der Waals surface area contributed by atoms with Crippen molar-refractivity contribution in [2.75, 3.05) is 18.1 Å². The van der Waals surface area contributed by atoms with Crippen LogP contribution in [0.25, 0.3) is 11.1 Å². The van der Waals surface area contributed by atoms with Crippen molar-refractivity contribution in [2.24, 2.45) is 0 Å². The first-order valence-electron chi connectivity index (χ1n) is 13.8. The lowest BCUT2D eigenvalue weighted by atomic mass is 9.99. The number of aliphatic hydroxyl groups excluding tert-OH is 2. The number of carbonyl (C=O) groups excluding carboxylic acids is 1. The van der Waals surface area contributed by atoms with E-state index in [1.807, 2.05) is 66.7 Å². The highest BCUT2D eigenvalue weighted by molar-refractivity contribution is 7.99. The summed E-state index contributed by atoms with van der Waals surface area (Å²) < 4.78 is 12.9. The maximum atomic E-state index is 12.1. The monoisotopic (exact) mass is 579 g/mol. The van der Waals surface area contributed by atoms with E-state index < -0.39 is 12.3 Å². The predicted molar refractivity (Wildman–Crippen MR) is 158 cm³/mol. The Hall–Kier alpha value is -3.21. The molecule has 3 aromatic carbocycles. The van der Waals surface area contributed by atoms with Crippen LogP contribution >= 0.6 is 11.8 Å². The lowest BCUT2D eigenvalue weighted by molar-refractivity contribution is -0.245. The Morgan fingerprint density at radius 2 is 1.63 bits per heavy atom. The molecule has 4 rings (SSSR count). The van der Waals surface area contributed by atoms with Gasteiger partial charge >= 0.3 is 5.97 Å². The highest BCUT2D eigenvalue weighted by Crippen LogP contribution is 2.39. The largest absolute Gasteiger partial charge is 0.481 e. The van der Waals surface area contributed by atoms with Crippen LogP contribution in [-0.2, 0) is 32.2 Å². The Bertz CT molecular complexity index is 1280. The van der Waals surface area contributed by atoms with E-state index in [1.54, 1.807) is 11.8 Å². The molecule has 9 heteroatoms. The van der Waals surface area contributed by atoms with Gasteiger partial charge in [-0.25, -0.2) is 0 Å². The zero-order chi connectivity index (χ0) is 29.0. The smallest absolute Gasteiger partial charge is 0.303 e. The van der Waals surface area contributed by atoms with Gasteiger partial charge in [0.2, 0.25) is 5.91 Å². The second-order valence-corrected chi connectivity index (χ2v) is 11.1. The van der Waals surface area contributed by atoms with Crippen LogP contribution in [0.4, 0.5) is 0 Å². The van der Waals surface area contributed by atoms with Crippen LogP contribution in [0, 0.1) is 0 Å². The third-order valence-corrected chi connectivity index (χ3v) is 7.94. The molecule has 3 aromatic rings. The van der Waals surface area contributed by atoms with Crippen molar-refractivity contribution in [2.45, 2.75) is 57.3 Å². The van der Waals surface area contributed by atoms with Gasteiger partial charge in [0.15, 0.2) is 6.29 Å². The maximum absolute atomic E-state index is 12.1. The molecule has 41 heavy (non-hydrogen) atoms. The summed E-state index contributed by atoms with van der Waals surface area (Å²) in [5.74, 6) is 0.322. The van der Waals surface area contributed by atoms with Gasteiger partial charge in [-0.3, -0.25) is 9.59 Å². The molecule has 0 spiro atoms. The van der Waals surface area contributed by atoms with E-state index in [9.17, 15) is 19.8 Å². The van der Waals surface area contributed by atoms with Gasteiger partial charge in [-0.05, 0) is 46.4 Å². The van der Waals surface area contributed by atoms with Gasteiger partial charge in [0.1, 0.15) is 0 Å². The molecule has 0 aliphatic carbocycles. The minimum atomic E-state index is -0.903. The first-order valence-corrected chi connectivity index (χ1v) is 15.0. The first kappa shape index (κ1) is 30.7. The van der Waals surface area contributed by atoms with Crippen LogP contribution in [0.5, 0.6) is 0 Å². The Labute approximate surface area is 244 Å². The minimum absolute atomic E-state index is 0.00881. The molecular weight excluding hydrogens is 542 g/mol. The van der Waals surface area contributed by atoms with E-state index in [-0.39, 0.29) is 44.2 Å². The molecule has 0 radical (unpaired) electrons. The van der Waals surface area contributed by atoms with Crippen molar-refractivity contribution in [3.63, 3.8) is 0 Å². The van der Waals surface area contributed by atoms with Crippen molar-refractivity contribution in [1.29, 1.82) is 0 Å². The van der Waals surface area contributed by atoms with Crippen molar-refractivity contribution in [1.82, 2.24) is 5.32 Å². The number of hydrogen-bond acceptors (Lipinski definition) is 7. The number of amides is 1. The molecule has 1 aliphatic heterocycles. The van der Waals surface area contributed by atoms with Crippen LogP contribution in [0.1, 0.15) is 60.3 Å².